The lowest BCUT2D eigenvalue weighted by molar-refractivity contribution is -0.141. The van der Waals surface area contributed by atoms with E-state index in [1.54, 1.807) is 13.1 Å². The number of halogens is 2. The van der Waals surface area contributed by atoms with Crippen molar-refractivity contribution in [2.45, 2.75) is 11.8 Å². The van der Waals surface area contributed by atoms with Crippen molar-refractivity contribution >= 4 is 27.3 Å². The molecule has 0 unspecified atom stereocenters. The van der Waals surface area contributed by atoms with Crippen molar-refractivity contribution in [3.63, 3.8) is 0 Å². The summed E-state index contributed by atoms with van der Waals surface area (Å²) in [4.78, 5) is 11.7. The van der Waals surface area contributed by atoms with E-state index in [1.807, 2.05) is 0 Å². The van der Waals surface area contributed by atoms with E-state index < -0.39 is 34.2 Å². The van der Waals surface area contributed by atoms with Crippen LogP contribution in [-0.2, 0) is 19.6 Å². The van der Waals surface area contributed by atoms with E-state index in [2.05, 4.69) is 10.2 Å². The van der Waals surface area contributed by atoms with Crippen LogP contribution in [0.1, 0.15) is 6.92 Å². The Hall–Kier alpha value is -3.08. The van der Waals surface area contributed by atoms with Crippen LogP contribution in [-0.4, -0.2) is 42.1 Å². The molecule has 3 aromatic rings. The Morgan fingerprint density at radius 1 is 1.26 bits per heavy atom. The van der Waals surface area contributed by atoms with Gasteiger partial charge in [0, 0.05) is 12.3 Å². The molecule has 0 N–H and O–H groups in total. The average molecular weight is 396 g/mol. The zero-order chi connectivity index (χ0) is 19.6. The number of fused-ring (bicyclic) bond motifs is 1. The van der Waals surface area contributed by atoms with E-state index in [9.17, 15) is 22.0 Å². The monoisotopic (exact) mass is 396 g/mol. The second kappa shape index (κ2) is 7.27. The maximum absolute atomic E-state index is 13.7. The molecular weight excluding hydrogens is 382 g/mol. The van der Waals surface area contributed by atoms with Crippen LogP contribution in [0, 0.1) is 11.6 Å². The number of pyridine rings is 1. The summed E-state index contributed by atoms with van der Waals surface area (Å²) >= 11 is 0. The largest absolute Gasteiger partial charge is 0.465 e. The molecule has 3 rings (SSSR count). The van der Waals surface area contributed by atoms with Crippen molar-refractivity contribution in [2.75, 3.05) is 17.5 Å². The molecule has 1 aromatic carbocycles. The molecule has 0 radical (unpaired) electrons. The smallest absolute Gasteiger partial charge is 0.326 e. The topological polar surface area (TPSA) is 93.9 Å². The second-order valence-electron chi connectivity index (χ2n) is 5.35. The predicted molar refractivity (Wildman–Crippen MR) is 90.5 cm³/mol. The van der Waals surface area contributed by atoms with Crippen LogP contribution < -0.4 is 4.31 Å². The van der Waals surface area contributed by atoms with Gasteiger partial charge < -0.3 is 4.74 Å². The van der Waals surface area contributed by atoms with Crippen LogP contribution in [0.25, 0.3) is 5.65 Å². The van der Waals surface area contributed by atoms with Gasteiger partial charge in [-0.1, -0.05) is 0 Å². The highest BCUT2D eigenvalue weighted by molar-refractivity contribution is 7.93. The highest BCUT2D eigenvalue weighted by Crippen LogP contribution is 2.27. The number of anilines is 1. The number of benzene rings is 1. The van der Waals surface area contributed by atoms with Gasteiger partial charge in [-0.05, 0) is 31.2 Å². The van der Waals surface area contributed by atoms with Gasteiger partial charge in [0.2, 0.25) is 0 Å². The van der Waals surface area contributed by atoms with Crippen molar-refractivity contribution in [1.82, 2.24) is 14.6 Å². The number of carbonyl (C=O) groups excluding carboxylic acids is 1. The van der Waals surface area contributed by atoms with Gasteiger partial charge in [-0.25, -0.2) is 17.2 Å². The number of ether oxygens (including phenoxy) is 1. The zero-order valence-electron chi connectivity index (χ0n) is 14.0. The fraction of sp³-hybridized carbons (Fsp3) is 0.188. The van der Waals surface area contributed by atoms with Gasteiger partial charge >= 0.3 is 5.97 Å². The van der Waals surface area contributed by atoms with Gasteiger partial charge in [-0.15, -0.1) is 10.2 Å². The minimum atomic E-state index is -4.37. The molecule has 0 saturated carbocycles. The summed E-state index contributed by atoms with van der Waals surface area (Å²) in [5, 5.41) is 7.42. The quantitative estimate of drug-likeness (QED) is 0.590. The third-order valence-electron chi connectivity index (χ3n) is 3.62. The standard InChI is InChI=1S/C16H14F2N4O4S/c1-2-26-15(23)9-22(11-5-6-12(17)13(18)8-11)27(24,25)14-4-3-7-21-10-19-20-16(14)21/h3-8,10H,2,9H2,1H3. The first-order chi connectivity index (χ1) is 12.8. The number of esters is 1. The van der Waals surface area contributed by atoms with E-state index in [4.69, 9.17) is 4.74 Å². The lowest BCUT2D eigenvalue weighted by Gasteiger charge is -2.23. The average Bonchev–Trinajstić information content (AvgIpc) is 3.11. The van der Waals surface area contributed by atoms with E-state index in [0.29, 0.717) is 10.4 Å². The third kappa shape index (κ3) is 3.58. The second-order valence-corrected chi connectivity index (χ2v) is 7.18. The van der Waals surface area contributed by atoms with E-state index in [1.165, 1.54) is 22.9 Å². The summed E-state index contributed by atoms with van der Waals surface area (Å²) in [7, 11) is -4.37. The molecule has 0 aliphatic carbocycles. The van der Waals surface area contributed by atoms with Gasteiger partial charge in [0.1, 0.15) is 17.8 Å². The summed E-state index contributed by atoms with van der Waals surface area (Å²) in [6, 6.07) is 5.25. The van der Waals surface area contributed by atoms with Crippen LogP contribution in [0.3, 0.4) is 0 Å². The molecule has 8 nitrogen and oxygen atoms in total. The van der Waals surface area contributed by atoms with Crippen LogP contribution in [0.2, 0.25) is 0 Å². The lowest BCUT2D eigenvalue weighted by atomic mass is 10.3. The molecule has 0 aliphatic rings. The molecule has 11 heteroatoms. The number of aromatic nitrogens is 3. The molecule has 0 saturated heterocycles. The summed E-state index contributed by atoms with van der Waals surface area (Å²) in [6.45, 7) is 0.867. The van der Waals surface area contributed by atoms with Crippen LogP contribution in [0.4, 0.5) is 14.5 Å². The summed E-state index contributed by atoms with van der Waals surface area (Å²) in [5.41, 5.74) is -0.211. The molecule has 0 fully saturated rings. The fourth-order valence-electron chi connectivity index (χ4n) is 2.42. The minimum absolute atomic E-state index is 0.0222. The first kappa shape index (κ1) is 18.7. The first-order valence-electron chi connectivity index (χ1n) is 7.76. The Kier molecular flexibility index (Phi) is 5.04. The molecule has 0 aliphatic heterocycles. The molecule has 0 bridgehead atoms. The Balaban J connectivity index is 2.14. The number of sulfonamides is 1. The van der Waals surface area contributed by atoms with Gasteiger partial charge in [-0.2, -0.15) is 0 Å². The van der Waals surface area contributed by atoms with Gasteiger partial charge in [0.15, 0.2) is 17.3 Å². The van der Waals surface area contributed by atoms with E-state index in [-0.39, 0.29) is 22.8 Å². The van der Waals surface area contributed by atoms with Gasteiger partial charge in [0.05, 0.1) is 12.3 Å². The maximum atomic E-state index is 13.7. The number of hydrogen-bond acceptors (Lipinski definition) is 6. The molecule has 142 valence electrons. The molecule has 0 amide bonds. The predicted octanol–water partition coefficient (Wildman–Crippen LogP) is 1.77. The molecule has 27 heavy (non-hydrogen) atoms. The maximum Gasteiger partial charge on any atom is 0.326 e. The summed E-state index contributed by atoms with van der Waals surface area (Å²) in [5.74, 6) is -3.25. The van der Waals surface area contributed by atoms with Crippen molar-refractivity contribution in [2.24, 2.45) is 0 Å². The van der Waals surface area contributed by atoms with Crippen molar-refractivity contribution in [3.05, 3.63) is 54.5 Å². The highest BCUT2D eigenvalue weighted by Gasteiger charge is 2.31. The number of carbonyl (C=O) groups is 1. The molecular formula is C16H14F2N4O4S. The summed E-state index contributed by atoms with van der Waals surface area (Å²) < 4.78 is 60.2. The van der Waals surface area contributed by atoms with Crippen LogP contribution in [0.15, 0.2) is 47.8 Å². The van der Waals surface area contributed by atoms with Crippen molar-refractivity contribution in [3.8, 4) is 0 Å². The molecule has 2 aromatic heterocycles. The molecule has 2 heterocycles. The van der Waals surface area contributed by atoms with E-state index >= 15 is 0 Å². The van der Waals surface area contributed by atoms with Crippen molar-refractivity contribution < 1.29 is 26.7 Å². The zero-order valence-corrected chi connectivity index (χ0v) is 14.9. The van der Waals surface area contributed by atoms with Gasteiger partial charge in [0.25, 0.3) is 10.0 Å². The lowest BCUT2D eigenvalue weighted by Crippen LogP contribution is -2.37. The third-order valence-corrected chi connectivity index (χ3v) is 5.42. The number of nitrogens with zero attached hydrogens (tertiary/aromatic N) is 4. The Morgan fingerprint density at radius 2 is 2.04 bits per heavy atom. The fourth-order valence-corrected chi connectivity index (χ4v) is 3.96. The van der Waals surface area contributed by atoms with Gasteiger partial charge in [-0.3, -0.25) is 13.5 Å². The Labute approximate surface area is 153 Å². The molecule has 0 atom stereocenters. The summed E-state index contributed by atoms with van der Waals surface area (Å²) in [6.07, 6.45) is 2.85. The van der Waals surface area contributed by atoms with Crippen LogP contribution in [0.5, 0.6) is 0 Å². The first-order valence-corrected chi connectivity index (χ1v) is 9.20. The normalized spacial score (nSPS) is 11.5. The minimum Gasteiger partial charge on any atom is -0.465 e. The Bertz CT molecular complexity index is 1100. The SMILES string of the molecule is CCOC(=O)CN(c1ccc(F)c(F)c1)S(=O)(=O)c1cccn2cnnc12. The van der Waals surface area contributed by atoms with Crippen molar-refractivity contribution in [1.29, 1.82) is 0 Å². The highest BCUT2D eigenvalue weighted by atomic mass is 32.2. The van der Waals surface area contributed by atoms with E-state index in [0.717, 1.165) is 12.1 Å². The number of hydrogen-bond donors (Lipinski definition) is 0. The van der Waals surface area contributed by atoms with Crippen LogP contribution >= 0.6 is 0 Å². The molecule has 0 spiro atoms. The number of rotatable bonds is 6. The Morgan fingerprint density at radius 3 is 2.74 bits per heavy atom.